The molecule has 0 fully saturated rings. The third kappa shape index (κ3) is 4.40. The molecule has 0 aliphatic rings. The number of fused-ring (bicyclic) bond motifs is 2. The van der Waals surface area contributed by atoms with Gasteiger partial charge in [-0.1, -0.05) is 70.5 Å². The molecular weight excluding hydrogens is 492 g/mol. The second-order valence-electron chi connectivity index (χ2n) is 7.75. The number of hydrogen-bond acceptors (Lipinski definition) is 5. The number of carbonyl (C=O) groups is 1. The molecule has 5 aromatic rings. The third-order valence-corrected chi connectivity index (χ3v) is 5.91. The fourth-order valence-corrected chi connectivity index (χ4v) is 4.17. The summed E-state index contributed by atoms with van der Waals surface area (Å²) >= 11 is 3.47. The van der Waals surface area contributed by atoms with Crippen LogP contribution in [0.25, 0.3) is 22.2 Å². The van der Waals surface area contributed by atoms with E-state index in [-0.39, 0.29) is 17.3 Å². The monoisotopic (exact) mass is 512 g/mol. The Kier molecular flexibility index (Phi) is 6.05. The van der Waals surface area contributed by atoms with Gasteiger partial charge < -0.3 is 11.1 Å². The van der Waals surface area contributed by atoms with Gasteiger partial charge in [0.1, 0.15) is 16.9 Å². The summed E-state index contributed by atoms with van der Waals surface area (Å²) in [5.41, 5.74) is 11.0. The lowest BCUT2D eigenvalue weighted by Crippen LogP contribution is -2.26. The van der Waals surface area contributed by atoms with Crippen LogP contribution in [0.15, 0.2) is 88.4 Å². The lowest BCUT2D eigenvalue weighted by molar-refractivity contribution is 0.0956. The second-order valence-corrected chi connectivity index (χ2v) is 8.66. The number of aromatic nitrogens is 3. The number of nitrogens with one attached hydrogen (secondary N) is 1. The van der Waals surface area contributed by atoms with Crippen LogP contribution in [0.5, 0.6) is 0 Å². The van der Waals surface area contributed by atoms with Crippen LogP contribution < -0.4 is 11.1 Å². The third-order valence-electron chi connectivity index (χ3n) is 5.41. The largest absolute Gasteiger partial charge is 0.383 e. The highest BCUT2D eigenvalue weighted by molar-refractivity contribution is 9.10. The van der Waals surface area contributed by atoms with Crippen molar-refractivity contribution in [2.75, 3.05) is 12.3 Å². The maximum atomic E-state index is 13.2. The minimum absolute atomic E-state index is 0.189. The van der Waals surface area contributed by atoms with Crippen LogP contribution in [0.4, 0.5) is 5.82 Å². The summed E-state index contributed by atoms with van der Waals surface area (Å²) < 4.78 is 2.41. The topological polar surface area (TPSA) is 98.2 Å². The van der Waals surface area contributed by atoms with Crippen LogP contribution in [0, 0.1) is 0 Å². The zero-order chi connectivity index (χ0) is 23.5. The Morgan fingerprint density at radius 3 is 2.50 bits per heavy atom. The van der Waals surface area contributed by atoms with Gasteiger partial charge in [-0.3, -0.25) is 4.79 Å². The SMILES string of the molecule is Nc1c(C(=O)NCCc2ccccc2)c2nc3ccccc3nc2n1N=Cc1cccc(Br)c1. The van der Waals surface area contributed by atoms with Crippen molar-refractivity contribution >= 4 is 56.1 Å². The highest BCUT2D eigenvalue weighted by Crippen LogP contribution is 2.28. The lowest BCUT2D eigenvalue weighted by Gasteiger charge is -2.05. The van der Waals surface area contributed by atoms with Crippen LogP contribution in [0.2, 0.25) is 0 Å². The Bertz CT molecular complexity index is 1530. The van der Waals surface area contributed by atoms with Gasteiger partial charge in [0, 0.05) is 11.0 Å². The van der Waals surface area contributed by atoms with Crippen LogP contribution >= 0.6 is 15.9 Å². The van der Waals surface area contributed by atoms with Gasteiger partial charge in [0.05, 0.1) is 17.2 Å². The lowest BCUT2D eigenvalue weighted by atomic mass is 10.1. The molecule has 0 aliphatic heterocycles. The number of benzene rings is 3. The standard InChI is InChI=1S/C26H21BrN6O/c27-19-10-6-9-18(15-19)16-30-33-24(28)22(26(34)29-14-13-17-7-2-1-3-8-17)23-25(33)32-21-12-5-4-11-20(21)31-23/h1-12,15-16H,13-14,28H2,(H,29,34). The molecule has 0 saturated carbocycles. The number of carbonyl (C=O) groups excluding carboxylic acids is 1. The average molecular weight is 513 g/mol. The molecule has 7 nitrogen and oxygen atoms in total. The Hall–Kier alpha value is -4.04. The number of nitrogens with two attached hydrogens (primary N) is 1. The van der Waals surface area contributed by atoms with Gasteiger partial charge in [0.15, 0.2) is 5.65 Å². The van der Waals surface area contributed by atoms with Crippen LogP contribution in [-0.4, -0.2) is 33.3 Å². The van der Waals surface area contributed by atoms with Gasteiger partial charge in [-0.2, -0.15) is 9.78 Å². The van der Waals surface area contributed by atoms with E-state index in [0.29, 0.717) is 35.2 Å². The number of nitrogens with zero attached hydrogens (tertiary/aromatic N) is 4. The molecule has 2 aromatic heterocycles. The first-order chi connectivity index (χ1) is 16.6. The van der Waals surface area contributed by atoms with Gasteiger partial charge in [-0.05, 0) is 41.8 Å². The highest BCUT2D eigenvalue weighted by atomic mass is 79.9. The minimum atomic E-state index is -0.306. The van der Waals surface area contributed by atoms with Crippen LogP contribution in [0.1, 0.15) is 21.5 Å². The summed E-state index contributed by atoms with van der Waals surface area (Å²) in [5, 5.41) is 7.51. The van der Waals surface area contributed by atoms with Crippen molar-refractivity contribution in [3.05, 3.63) is 100 Å². The molecule has 168 valence electrons. The van der Waals surface area contributed by atoms with Gasteiger partial charge in [-0.15, -0.1) is 0 Å². The van der Waals surface area contributed by atoms with Crippen LogP contribution in [-0.2, 0) is 6.42 Å². The van der Waals surface area contributed by atoms with E-state index in [0.717, 1.165) is 15.6 Å². The summed E-state index contributed by atoms with van der Waals surface area (Å²) in [5.74, 6) is -0.117. The van der Waals surface area contributed by atoms with E-state index in [1.807, 2.05) is 78.9 Å². The van der Waals surface area contributed by atoms with E-state index < -0.39 is 0 Å². The quantitative estimate of drug-likeness (QED) is 0.319. The van der Waals surface area contributed by atoms with Crippen LogP contribution in [0.3, 0.4) is 0 Å². The normalized spacial score (nSPS) is 11.4. The maximum Gasteiger partial charge on any atom is 0.257 e. The average Bonchev–Trinajstić information content (AvgIpc) is 3.12. The molecule has 34 heavy (non-hydrogen) atoms. The minimum Gasteiger partial charge on any atom is -0.383 e. The number of nitrogen functional groups attached to an aromatic ring is 1. The van der Waals surface area contributed by atoms with E-state index in [2.05, 4.69) is 26.3 Å². The highest BCUT2D eigenvalue weighted by Gasteiger charge is 2.23. The molecule has 0 radical (unpaired) electrons. The predicted molar refractivity (Wildman–Crippen MR) is 139 cm³/mol. The van der Waals surface area contributed by atoms with Crippen molar-refractivity contribution in [2.24, 2.45) is 5.10 Å². The molecule has 8 heteroatoms. The van der Waals surface area contributed by atoms with Gasteiger partial charge in [0.2, 0.25) is 0 Å². The van der Waals surface area contributed by atoms with E-state index in [9.17, 15) is 4.79 Å². The predicted octanol–water partition coefficient (Wildman–Crippen LogP) is 4.78. The summed E-state index contributed by atoms with van der Waals surface area (Å²) in [4.78, 5) is 22.6. The van der Waals surface area contributed by atoms with Gasteiger partial charge in [0.25, 0.3) is 5.91 Å². The summed E-state index contributed by atoms with van der Waals surface area (Å²) in [6.07, 6.45) is 2.38. The molecule has 0 aliphatic carbocycles. The molecule has 0 atom stereocenters. The molecular formula is C26H21BrN6O. The molecule has 0 saturated heterocycles. The molecule has 0 unspecified atom stereocenters. The van der Waals surface area contributed by atoms with Crippen molar-refractivity contribution in [1.82, 2.24) is 20.0 Å². The Labute approximate surface area is 204 Å². The van der Waals surface area contributed by atoms with Crippen molar-refractivity contribution < 1.29 is 4.79 Å². The zero-order valence-corrected chi connectivity index (χ0v) is 19.7. The first-order valence-corrected chi connectivity index (χ1v) is 11.6. The molecule has 1 amide bonds. The van der Waals surface area contributed by atoms with Crippen molar-refractivity contribution in [3.63, 3.8) is 0 Å². The Morgan fingerprint density at radius 2 is 1.74 bits per heavy atom. The summed E-state index contributed by atoms with van der Waals surface area (Å²) in [7, 11) is 0. The number of amides is 1. The van der Waals surface area contributed by atoms with Crippen molar-refractivity contribution in [2.45, 2.75) is 6.42 Å². The van der Waals surface area contributed by atoms with E-state index in [1.165, 1.54) is 4.68 Å². The molecule has 0 spiro atoms. The smallest absolute Gasteiger partial charge is 0.257 e. The van der Waals surface area contributed by atoms with E-state index in [1.54, 1.807) is 6.21 Å². The van der Waals surface area contributed by atoms with E-state index >= 15 is 0 Å². The number of halogens is 1. The maximum absolute atomic E-state index is 13.2. The fraction of sp³-hybridized carbons (Fsp3) is 0.0769. The molecule has 5 rings (SSSR count). The van der Waals surface area contributed by atoms with Gasteiger partial charge >= 0.3 is 0 Å². The Balaban J connectivity index is 1.54. The van der Waals surface area contributed by atoms with Crippen molar-refractivity contribution in [3.8, 4) is 0 Å². The summed E-state index contributed by atoms with van der Waals surface area (Å²) in [6.45, 7) is 0.470. The first-order valence-electron chi connectivity index (χ1n) is 10.8. The zero-order valence-electron chi connectivity index (χ0n) is 18.1. The second kappa shape index (κ2) is 9.44. The first kappa shape index (κ1) is 21.8. The molecule has 3 N–H and O–H groups in total. The van der Waals surface area contributed by atoms with Crippen molar-refractivity contribution in [1.29, 1.82) is 0 Å². The van der Waals surface area contributed by atoms with E-state index in [4.69, 9.17) is 15.7 Å². The number of hydrogen-bond donors (Lipinski definition) is 2. The number of para-hydroxylation sites is 2. The molecule has 0 bridgehead atoms. The Morgan fingerprint density at radius 1 is 1.00 bits per heavy atom. The summed E-state index contributed by atoms with van der Waals surface area (Å²) in [6, 6.07) is 25.2. The molecule has 2 heterocycles. The fourth-order valence-electron chi connectivity index (χ4n) is 3.75. The molecule has 3 aromatic carbocycles. The number of anilines is 1. The number of rotatable bonds is 6. The van der Waals surface area contributed by atoms with Gasteiger partial charge in [-0.25, -0.2) is 9.97 Å².